The topological polar surface area (TPSA) is 160 Å². The maximum atomic E-state index is 13.6. The number of nitrogens with two attached hydrogens (primary N) is 2. The lowest BCUT2D eigenvalue weighted by atomic mass is 9.82. The van der Waals surface area contributed by atoms with Crippen LogP contribution < -0.4 is 26.3 Å². The molecule has 1 aromatic heterocycles. The quantitative estimate of drug-likeness (QED) is 0.218. The van der Waals surface area contributed by atoms with Gasteiger partial charge >= 0.3 is 0 Å². The molecule has 0 radical (unpaired) electrons. The normalized spacial score (nSPS) is 14.9. The average Bonchev–Trinajstić information content (AvgIpc) is 3.80. The van der Waals surface area contributed by atoms with E-state index in [1.165, 1.54) is 0 Å². The van der Waals surface area contributed by atoms with Crippen molar-refractivity contribution >= 4 is 38.0 Å². The number of ether oxygens (including phenoxy) is 2. The van der Waals surface area contributed by atoms with Crippen LogP contribution in [0, 0.1) is 0 Å². The average molecular weight is 590 g/mol. The van der Waals surface area contributed by atoms with Gasteiger partial charge in [-0.25, -0.2) is 8.42 Å². The lowest BCUT2D eigenvalue weighted by Crippen LogP contribution is -2.49. The number of benzene rings is 3. The smallest absolute Gasteiger partial charge is 0.248 e. The van der Waals surface area contributed by atoms with Gasteiger partial charge in [0.2, 0.25) is 5.91 Å². The zero-order chi connectivity index (χ0) is 30.1. The number of nitrogen functional groups attached to an aromatic ring is 1. The fraction of sp³-hybridized carbons (Fsp3) is 0.323. The predicted octanol–water partition coefficient (Wildman–Crippen LogP) is 4.37. The number of sulfone groups is 1. The van der Waals surface area contributed by atoms with Crippen molar-refractivity contribution in [2.45, 2.75) is 61.8 Å². The van der Waals surface area contributed by atoms with Gasteiger partial charge < -0.3 is 26.3 Å². The van der Waals surface area contributed by atoms with E-state index in [1.807, 2.05) is 26.8 Å². The molecule has 5 rings (SSSR count). The van der Waals surface area contributed by atoms with Crippen LogP contribution in [-0.2, 0) is 26.6 Å². The third-order valence-corrected chi connectivity index (χ3v) is 9.49. The molecule has 1 atom stereocenters. The van der Waals surface area contributed by atoms with Crippen molar-refractivity contribution in [1.82, 2.24) is 10.2 Å². The summed E-state index contributed by atoms with van der Waals surface area (Å²) in [6.07, 6.45) is 2.85. The number of fused-ring (bicyclic) bond motifs is 1. The van der Waals surface area contributed by atoms with E-state index in [4.69, 9.17) is 20.9 Å². The number of amides is 1. The molecular weight excluding hydrogens is 554 g/mol. The number of carbonyl (C=O) groups excluding carboxylic acids is 1. The lowest BCUT2D eigenvalue weighted by Gasteiger charge is -2.34. The molecule has 4 aromatic rings. The van der Waals surface area contributed by atoms with Gasteiger partial charge in [0.15, 0.2) is 27.2 Å². The van der Waals surface area contributed by atoms with Gasteiger partial charge in [-0.2, -0.15) is 5.10 Å². The molecule has 3 aromatic carbocycles. The molecule has 0 aliphatic heterocycles. The van der Waals surface area contributed by atoms with Crippen LogP contribution in [0.3, 0.4) is 0 Å². The molecule has 0 spiro atoms. The zero-order valence-electron chi connectivity index (χ0n) is 23.8. The fourth-order valence-corrected chi connectivity index (χ4v) is 6.77. The first-order valence-corrected chi connectivity index (χ1v) is 15.4. The van der Waals surface area contributed by atoms with E-state index in [1.54, 1.807) is 60.8 Å². The van der Waals surface area contributed by atoms with Gasteiger partial charge in [-0.1, -0.05) is 18.2 Å². The number of anilines is 2. The molecule has 1 aliphatic carbocycles. The van der Waals surface area contributed by atoms with Gasteiger partial charge in [0.05, 0.1) is 29.1 Å². The molecule has 1 amide bonds. The van der Waals surface area contributed by atoms with E-state index in [0.717, 1.165) is 5.39 Å². The first kappa shape index (κ1) is 29.1. The minimum Gasteiger partial charge on any atom is -0.490 e. The van der Waals surface area contributed by atoms with Gasteiger partial charge in [-0.05, 0) is 87.2 Å². The summed E-state index contributed by atoms with van der Waals surface area (Å²) in [5.41, 5.74) is 12.4. The van der Waals surface area contributed by atoms with Crippen LogP contribution in [0.4, 0.5) is 11.5 Å². The van der Waals surface area contributed by atoms with Crippen LogP contribution in [0.2, 0.25) is 0 Å². The second kappa shape index (κ2) is 11.5. The van der Waals surface area contributed by atoms with Crippen molar-refractivity contribution in [3.8, 4) is 11.5 Å². The van der Waals surface area contributed by atoms with Crippen LogP contribution in [0.25, 0.3) is 10.8 Å². The molecule has 11 heteroatoms. The van der Waals surface area contributed by atoms with Crippen molar-refractivity contribution in [1.29, 1.82) is 0 Å². The highest BCUT2D eigenvalue weighted by Crippen LogP contribution is 2.39. The maximum absolute atomic E-state index is 13.6. The Bertz CT molecular complexity index is 1740. The Kier molecular flexibility index (Phi) is 7.96. The summed E-state index contributed by atoms with van der Waals surface area (Å²) in [6, 6.07) is 17.4. The van der Waals surface area contributed by atoms with Gasteiger partial charge in [-0.3, -0.25) is 4.79 Å². The van der Waals surface area contributed by atoms with E-state index in [9.17, 15) is 13.2 Å². The Balaban J connectivity index is 1.65. The maximum Gasteiger partial charge on any atom is 0.248 e. The standard InChI is InChI=1S/C31H35N5O5S/c1-4-40-28-16-22(8-13-27(28)41-19(2)3)31(30(33)37,35-23-9-12-26-21(15-23)18-34-36-29(26)32)17-20-6-5-7-25(14-20)42(38,39)24-10-11-24/h5-9,12-16,18-19,24,35H,4,10-11,17H2,1-3H3,(H2,32,36)(H2,33,37). The predicted molar refractivity (Wildman–Crippen MR) is 162 cm³/mol. The molecule has 0 saturated heterocycles. The van der Waals surface area contributed by atoms with Crippen LogP contribution in [0.15, 0.2) is 71.8 Å². The Labute approximate surface area is 245 Å². The van der Waals surface area contributed by atoms with E-state index < -0.39 is 21.3 Å². The fourth-order valence-electron chi connectivity index (χ4n) is 5.05. The molecule has 1 unspecified atom stereocenters. The molecule has 1 heterocycles. The van der Waals surface area contributed by atoms with E-state index in [0.29, 0.717) is 53.1 Å². The minimum absolute atomic E-state index is 0.0566. The highest BCUT2D eigenvalue weighted by Gasteiger charge is 2.41. The van der Waals surface area contributed by atoms with Crippen molar-refractivity contribution < 1.29 is 22.7 Å². The monoisotopic (exact) mass is 589 g/mol. The molecule has 0 bridgehead atoms. The minimum atomic E-state index is -3.45. The molecule has 5 N–H and O–H groups in total. The molecule has 1 saturated carbocycles. The number of aromatic nitrogens is 2. The Hall–Kier alpha value is -4.38. The summed E-state index contributed by atoms with van der Waals surface area (Å²) in [5, 5.41) is 12.3. The number of carbonyl (C=O) groups is 1. The third-order valence-electron chi connectivity index (χ3n) is 7.23. The first-order chi connectivity index (χ1) is 20.0. The van der Waals surface area contributed by atoms with E-state index >= 15 is 0 Å². The van der Waals surface area contributed by atoms with Crippen LogP contribution in [-0.4, -0.2) is 42.5 Å². The summed E-state index contributed by atoms with van der Waals surface area (Å²) in [6.45, 7) is 6.07. The lowest BCUT2D eigenvalue weighted by molar-refractivity contribution is -0.122. The first-order valence-electron chi connectivity index (χ1n) is 13.9. The van der Waals surface area contributed by atoms with Gasteiger partial charge in [0.25, 0.3) is 0 Å². The SMILES string of the molecule is CCOc1cc(C(Cc2cccc(S(=O)(=O)C3CC3)c2)(Nc2ccc3c(N)nncc3c2)C(N)=O)ccc1OC(C)C. The zero-order valence-corrected chi connectivity index (χ0v) is 24.6. The second-order valence-corrected chi connectivity index (χ2v) is 13.0. The molecular formula is C31H35N5O5S. The van der Waals surface area contributed by atoms with E-state index in [2.05, 4.69) is 15.5 Å². The van der Waals surface area contributed by atoms with Crippen LogP contribution in [0.1, 0.15) is 44.7 Å². The largest absolute Gasteiger partial charge is 0.490 e. The number of hydrogen-bond acceptors (Lipinski definition) is 9. The Morgan fingerprint density at radius 3 is 2.57 bits per heavy atom. The number of nitrogens with one attached hydrogen (secondary N) is 1. The van der Waals surface area contributed by atoms with Crippen molar-refractivity contribution in [3.05, 3.63) is 78.0 Å². The van der Waals surface area contributed by atoms with Crippen molar-refractivity contribution in [3.63, 3.8) is 0 Å². The molecule has 1 fully saturated rings. The Morgan fingerprint density at radius 2 is 1.88 bits per heavy atom. The summed E-state index contributed by atoms with van der Waals surface area (Å²) >= 11 is 0. The molecule has 10 nitrogen and oxygen atoms in total. The number of primary amides is 1. The second-order valence-electron chi connectivity index (χ2n) is 10.8. The number of rotatable bonds is 12. The summed E-state index contributed by atoms with van der Waals surface area (Å²) in [4.78, 5) is 13.8. The van der Waals surface area contributed by atoms with Crippen LogP contribution >= 0.6 is 0 Å². The molecule has 220 valence electrons. The Morgan fingerprint density at radius 1 is 1.10 bits per heavy atom. The van der Waals surface area contributed by atoms with E-state index in [-0.39, 0.29) is 28.5 Å². The van der Waals surface area contributed by atoms with Gasteiger partial charge in [-0.15, -0.1) is 5.10 Å². The number of hydrogen-bond donors (Lipinski definition) is 3. The summed E-state index contributed by atoms with van der Waals surface area (Å²) in [5.74, 6) is 0.621. The number of nitrogens with zero attached hydrogens (tertiary/aromatic N) is 2. The van der Waals surface area contributed by atoms with Gasteiger partial charge in [0.1, 0.15) is 5.54 Å². The molecule has 42 heavy (non-hydrogen) atoms. The highest BCUT2D eigenvalue weighted by atomic mass is 32.2. The summed E-state index contributed by atoms with van der Waals surface area (Å²) in [7, 11) is -3.45. The van der Waals surface area contributed by atoms with Gasteiger partial charge in [0, 0.05) is 22.9 Å². The third kappa shape index (κ3) is 5.82. The highest BCUT2D eigenvalue weighted by molar-refractivity contribution is 7.92. The van der Waals surface area contributed by atoms with Crippen molar-refractivity contribution in [2.75, 3.05) is 17.7 Å². The summed E-state index contributed by atoms with van der Waals surface area (Å²) < 4.78 is 37.9. The van der Waals surface area contributed by atoms with Crippen LogP contribution in [0.5, 0.6) is 11.5 Å². The molecule has 1 aliphatic rings. The van der Waals surface area contributed by atoms with Crippen molar-refractivity contribution in [2.24, 2.45) is 5.73 Å².